The number of rotatable bonds is 8. The second kappa shape index (κ2) is 9.11. The van der Waals surface area contributed by atoms with Crippen LogP contribution in [0.25, 0.3) is 0 Å². The summed E-state index contributed by atoms with van der Waals surface area (Å²) in [7, 11) is 0. The maximum absolute atomic E-state index is 12.7. The first-order chi connectivity index (χ1) is 11.3. The number of hydrogen-bond acceptors (Lipinski definition) is 2. The number of carbonyl (C=O) groups is 1. The monoisotopic (exact) mass is 310 g/mol. The minimum Gasteiger partial charge on any atom is -0.308 e. The van der Waals surface area contributed by atoms with Gasteiger partial charge in [-0.3, -0.25) is 9.69 Å². The molecule has 3 heteroatoms. The summed E-state index contributed by atoms with van der Waals surface area (Å²) in [6, 6.07) is 18.0. The molecule has 2 rings (SSSR count). The number of nitrogens with zero attached hydrogens (tertiary/aromatic N) is 1. The van der Waals surface area contributed by atoms with E-state index < -0.39 is 0 Å². The molecule has 0 atom stereocenters. The highest BCUT2D eigenvalue weighted by molar-refractivity contribution is 6.01. The predicted molar refractivity (Wildman–Crippen MR) is 97.2 cm³/mol. The van der Waals surface area contributed by atoms with E-state index in [1.54, 1.807) is 4.90 Å². The highest BCUT2D eigenvalue weighted by Gasteiger charge is 2.17. The molecule has 23 heavy (non-hydrogen) atoms. The van der Waals surface area contributed by atoms with E-state index in [9.17, 15) is 4.79 Å². The van der Waals surface area contributed by atoms with Crippen LogP contribution in [0.2, 0.25) is 0 Å². The van der Waals surface area contributed by atoms with Gasteiger partial charge in [0.05, 0.1) is 6.54 Å². The molecule has 0 aliphatic rings. The predicted octanol–water partition coefficient (Wildman–Crippen LogP) is 4.30. The molecule has 122 valence electrons. The SMILES string of the molecule is CCCCNCC(=O)N(c1ccccc1)c1ccc(CC)cc1. The van der Waals surface area contributed by atoms with E-state index in [0.29, 0.717) is 6.54 Å². The van der Waals surface area contributed by atoms with E-state index in [0.717, 1.165) is 37.2 Å². The van der Waals surface area contributed by atoms with Crippen LogP contribution in [0.3, 0.4) is 0 Å². The first-order valence-electron chi connectivity index (χ1n) is 8.44. The van der Waals surface area contributed by atoms with Crippen LogP contribution in [-0.4, -0.2) is 19.0 Å². The Labute approximate surface area is 139 Å². The van der Waals surface area contributed by atoms with E-state index in [1.165, 1.54) is 5.56 Å². The number of nitrogens with one attached hydrogen (secondary N) is 1. The quantitative estimate of drug-likeness (QED) is 0.737. The summed E-state index contributed by atoms with van der Waals surface area (Å²) in [5.41, 5.74) is 3.09. The number of amides is 1. The molecule has 0 saturated heterocycles. The molecule has 0 saturated carbocycles. The Kier molecular flexibility index (Phi) is 6.82. The molecule has 1 amide bonds. The van der Waals surface area contributed by atoms with Crippen molar-refractivity contribution in [2.45, 2.75) is 33.1 Å². The van der Waals surface area contributed by atoms with Gasteiger partial charge >= 0.3 is 0 Å². The molecular weight excluding hydrogens is 284 g/mol. The van der Waals surface area contributed by atoms with Gasteiger partial charge in [0.2, 0.25) is 5.91 Å². The van der Waals surface area contributed by atoms with Crippen molar-refractivity contribution >= 4 is 17.3 Å². The molecule has 0 radical (unpaired) electrons. The van der Waals surface area contributed by atoms with Crippen LogP contribution >= 0.6 is 0 Å². The highest BCUT2D eigenvalue weighted by atomic mass is 16.2. The standard InChI is InChI=1S/C20H26N2O/c1-3-5-15-21-16-20(23)22(18-9-7-6-8-10-18)19-13-11-17(4-2)12-14-19/h6-14,21H,3-5,15-16H2,1-2H3. The summed E-state index contributed by atoms with van der Waals surface area (Å²) in [6.07, 6.45) is 3.21. The third-order valence-corrected chi connectivity index (χ3v) is 3.85. The second-order valence-corrected chi connectivity index (χ2v) is 5.62. The number of benzene rings is 2. The zero-order valence-corrected chi connectivity index (χ0v) is 14.1. The van der Waals surface area contributed by atoms with Crippen LogP contribution in [0.1, 0.15) is 32.3 Å². The van der Waals surface area contributed by atoms with Crippen molar-refractivity contribution in [3.05, 3.63) is 60.2 Å². The van der Waals surface area contributed by atoms with Crippen LogP contribution in [0.4, 0.5) is 11.4 Å². The number of carbonyl (C=O) groups excluding carboxylic acids is 1. The molecular formula is C20H26N2O. The maximum atomic E-state index is 12.7. The second-order valence-electron chi connectivity index (χ2n) is 5.62. The molecule has 2 aromatic carbocycles. The number of para-hydroxylation sites is 1. The Morgan fingerprint density at radius 3 is 2.22 bits per heavy atom. The normalized spacial score (nSPS) is 10.5. The summed E-state index contributed by atoms with van der Waals surface area (Å²) in [5, 5.41) is 3.24. The van der Waals surface area contributed by atoms with Crippen molar-refractivity contribution in [2.24, 2.45) is 0 Å². The molecule has 0 spiro atoms. The smallest absolute Gasteiger partial charge is 0.245 e. The highest BCUT2D eigenvalue weighted by Crippen LogP contribution is 2.25. The Bertz CT molecular complexity index is 593. The lowest BCUT2D eigenvalue weighted by Gasteiger charge is -2.23. The van der Waals surface area contributed by atoms with E-state index in [4.69, 9.17) is 0 Å². The van der Waals surface area contributed by atoms with Gasteiger partial charge in [0.15, 0.2) is 0 Å². The first-order valence-corrected chi connectivity index (χ1v) is 8.44. The fraction of sp³-hybridized carbons (Fsp3) is 0.350. The minimum atomic E-state index is 0.0663. The van der Waals surface area contributed by atoms with E-state index in [-0.39, 0.29) is 5.91 Å². The van der Waals surface area contributed by atoms with E-state index in [2.05, 4.69) is 31.3 Å². The molecule has 0 bridgehead atoms. The molecule has 0 aromatic heterocycles. The number of anilines is 2. The van der Waals surface area contributed by atoms with Gasteiger partial charge in [0.1, 0.15) is 0 Å². The van der Waals surface area contributed by atoms with Crippen molar-refractivity contribution < 1.29 is 4.79 Å². The molecule has 0 aliphatic carbocycles. The van der Waals surface area contributed by atoms with Crippen LogP contribution in [0.5, 0.6) is 0 Å². The van der Waals surface area contributed by atoms with Crippen molar-refractivity contribution in [3.8, 4) is 0 Å². The van der Waals surface area contributed by atoms with E-state index >= 15 is 0 Å². The summed E-state index contributed by atoms with van der Waals surface area (Å²) in [5.74, 6) is 0.0663. The number of unbranched alkanes of at least 4 members (excludes halogenated alkanes) is 1. The van der Waals surface area contributed by atoms with Gasteiger partial charge in [-0.2, -0.15) is 0 Å². The van der Waals surface area contributed by atoms with Crippen molar-refractivity contribution in [3.63, 3.8) is 0 Å². The average molecular weight is 310 g/mol. The molecule has 1 N–H and O–H groups in total. The molecule has 3 nitrogen and oxygen atoms in total. The lowest BCUT2D eigenvalue weighted by molar-refractivity contribution is -0.117. The van der Waals surface area contributed by atoms with Crippen LogP contribution in [-0.2, 0) is 11.2 Å². The summed E-state index contributed by atoms with van der Waals surface area (Å²) in [6.45, 7) is 5.51. The zero-order valence-electron chi connectivity index (χ0n) is 14.1. The topological polar surface area (TPSA) is 32.3 Å². The molecule has 0 fully saturated rings. The van der Waals surface area contributed by atoms with Gasteiger partial charge in [-0.25, -0.2) is 0 Å². The van der Waals surface area contributed by atoms with Crippen LogP contribution < -0.4 is 10.2 Å². The number of hydrogen-bond donors (Lipinski definition) is 1. The fourth-order valence-corrected chi connectivity index (χ4v) is 2.47. The molecule has 0 aliphatic heterocycles. The Morgan fingerprint density at radius 2 is 1.61 bits per heavy atom. The lowest BCUT2D eigenvalue weighted by Crippen LogP contribution is -2.35. The van der Waals surface area contributed by atoms with Gasteiger partial charge in [-0.05, 0) is 49.2 Å². The van der Waals surface area contributed by atoms with Gasteiger partial charge in [0, 0.05) is 11.4 Å². The first kappa shape index (κ1) is 17.2. The van der Waals surface area contributed by atoms with Gasteiger partial charge < -0.3 is 5.32 Å². The van der Waals surface area contributed by atoms with Gasteiger partial charge in [-0.1, -0.05) is 50.6 Å². The largest absolute Gasteiger partial charge is 0.308 e. The van der Waals surface area contributed by atoms with Gasteiger partial charge in [-0.15, -0.1) is 0 Å². The summed E-state index contributed by atoms with van der Waals surface area (Å²) < 4.78 is 0. The number of aryl methyl sites for hydroxylation is 1. The summed E-state index contributed by atoms with van der Waals surface area (Å²) in [4.78, 5) is 14.5. The van der Waals surface area contributed by atoms with Crippen LogP contribution in [0.15, 0.2) is 54.6 Å². The molecule has 0 heterocycles. The van der Waals surface area contributed by atoms with Crippen molar-refractivity contribution in [1.82, 2.24) is 5.32 Å². The minimum absolute atomic E-state index is 0.0663. The Balaban J connectivity index is 2.19. The average Bonchev–Trinajstić information content (AvgIpc) is 2.60. The van der Waals surface area contributed by atoms with Crippen molar-refractivity contribution in [1.29, 1.82) is 0 Å². The Hall–Kier alpha value is -2.13. The summed E-state index contributed by atoms with van der Waals surface area (Å²) >= 11 is 0. The fourth-order valence-electron chi connectivity index (χ4n) is 2.47. The van der Waals surface area contributed by atoms with Crippen molar-refractivity contribution in [2.75, 3.05) is 18.0 Å². The Morgan fingerprint density at radius 1 is 0.957 bits per heavy atom. The van der Waals surface area contributed by atoms with Crippen LogP contribution in [0, 0.1) is 0 Å². The van der Waals surface area contributed by atoms with Gasteiger partial charge in [0.25, 0.3) is 0 Å². The third kappa shape index (κ3) is 4.93. The molecule has 0 unspecified atom stereocenters. The maximum Gasteiger partial charge on any atom is 0.245 e. The third-order valence-electron chi connectivity index (χ3n) is 3.85. The lowest BCUT2D eigenvalue weighted by atomic mass is 10.1. The molecule has 2 aromatic rings. The zero-order chi connectivity index (χ0) is 16.5. The van der Waals surface area contributed by atoms with E-state index in [1.807, 2.05) is 42.5 Å².